The van der Waals surface area contributed by atoms with Crippen LogP contribution in [0.1, 0.15) is 39.5 Å². The largest absolute Gasteiger partial charge is 0.481 e. The summed E-state index contributed by atoms with van der Waals surface area (Å²) in [6, 6.07) is 0. The number of nitrogens with zero attached hydrogens (tertiary/aromatic N) is 2. The van der Waals surface area contributed by atoms with E-state index in [0.717, 1.165) is 0 Å². The second-order valence-electron chi connectivity index (χ2n) is 5.12. The number of carboxylic acids is 1. The van der Waals surface area contributed by atoms with E-state index in [0.29, 0.717) is 18.3 Å². The Hall–Kier alpha value is -1.43. The van der Waals surface area contributed by atoms with Crippen LogP contribution < -0.4 is 5.32 Å². The van der Waals surface area contributed by atoms with Gasteiger partial charge in [0.25, 0.3) is 0 Å². The highest BCUT2D eigenvalue weighted by atomic mass is 16.4. The molecule has 0 aliphatic heterocycles. The average Bonchev–Trinajstić information content (AvgIpc) is 2.61. The molecule has 0 amide bonds. The maximum absolute atomic E-state index is 11.2. The molecule has 1 rings (SSSR count). The molecule has 17 heavy (non-hydrogen) atoms. The van der Waals surface area contributed by atoms with Gasteiger partial charge in [-0.3, -0.25) is 4.79 Å². The van der Waals surface area contributed by atoms with Crippen LogP contribution in [-0.2, 0) is 11.3 Å². The zero-order valence-corrected chi connectivity index (χ0v) is 10.9. The van der Waals surface area contributed by atoms with Gasteiger partial charge in [0.2, 0.25) is 11.8 Å². The zero-order valence-electron chi connectivity index (χ0n) is 10.9. The van der Waals surface area contributed by atoms with Gasteiger partial charge < -0.3 is 14.8 Å². The van der Waals surface area contributed by atoms with Crippen LogP contribution >= 0.6 is 0 Å². The maximum Gasteiger partial charge on any atom is 0.310 e. The van der Waals surface area contributed by atoms with Gasteiger partial charge in [-0.25, -0.2) is 0 Å². The lowest BCUT2D eigenvalue weighted by molar-refractivity contribution is -0.151. The smallest absolute Gasteiger partial charge is 0.310 e. The number of aryl methyl sites for hydroxylation is 1. The summed E-state index contributed by atoms with van der Waals surface area (Å²) >= 11 is 0. The third kappa shape index (κ3) is 2.82. The van der Waals surface area contributed by atoms with Crippen molar-refractivity contribution in [3.05, 3.63) is 11.8 Å². The van der Waals surface area contributed by atoms with E-state index in [-0.39, 0.29) is 0 Å². The van der Waals surface area contributed by atoms with Gasteiger partial charge in [0.15, 0.2) is 0 Å². The van der Waals surface area contributed by atoms with Crippen LogP contribution in [0.25, 0.3) is 0 Å². The fourth-order valence-electron chi connectivity index (χ4n) is 1.19. The van der Waals surface area contributed by atoms with Crippen LogP contribution in [-0.4, -0.2) is 26.8 Å². The summed E-state index contributed by atoms with van der Waals surface area (Å²) in [6.45, 7) is 9.10. The van der Waals surface area contributed by atoms with E-state index >= 15 is 0 Å². The van der Waals surface area contributed by atoms with E-state index < -0.39 is 16.9 Å². The van der Waals surface area contributed by atoms with Crippen molar-refractivity contribution in [3.8, 4) is 0 Å². The molecule has 1 aromatic rings. The molecule has 0 saturated carbocycles. The summed E-state index contributed by atoms with van der Waals surface area (Å²) in [5, 5.41) is 19.9. The first kappa shape index (κ1) is 13.6. The first-order valence-electron chi connectivity index (χ1n) is 5.44. The Morgan fingerprint density at radius 3 is 2.35 bits per heavy atom. The van der Waals surface area contributed by atoms with Crippen molar-refractivity contribution in [2.75, 3.05) is 0 Å². The molecule has 0 aromatic carbocycles. The van der Waals surface area contributed by atoms with Crippen LogP contribution in [0.3, 0.4) is 0 Å². The highest BCUT2D eigenvalue weighted by Gasteiger charge is 2.43. The lowest BCUT2D eigenvalue weighted by atomic mass is 9.74. The fraction of sp³-hybridized carbons (Fsp3) is 0.727. The minimum Gasteiger partial charge on any atom is -0.481 e. The Bertz CT molecular complexity index is 410. The number of carbonyl (C=O) groups is 1. The SMILES string of the molecule is Cc1nnc(CNC(C)(C)C(C)(C)C(=O)O)o1. The zero-order chi connectivity index (χ0) is 13.3. The molecular weight excluding hydrogens is 222 g/mol. The third-order valence-corrected chi connectivity index (χ3v) is 3.35. The molecule has 0 spiro atoms. The molecule has 0 radical (unpaired) electrons. The highest BCUT2D eigenvalue weighted by Crippen LogP contribution is 2.30. The molecule has 0 atom stereocenters. The summed E-state index contributed by atoms with van der Waals surface area (Å²) in [4.78, 5) is 11.2. The number of hydrogen-bond acceptors (Lipinski definition) is 5. The Morgan fingerprint density at radius 2 is 1.94 bits per heavy atom. The lowest BCUT2D eigenvalue weighted by Crippen LogP contribution is -2.54. The van der Waals surface area contributed by atoms with Crippen molar-refractivity contribution in [3.63, 3.8) is 0 Å². The molecule has 1 aromatic heterocycles. The van der Waals surface area contributed by atoms with Gasteiger partial charge in [0.05, 0.1) is 12.0 Å². The topological polar surface area (TPSA) is 88.2 Å². The van der Waals surface area contributed by atoms with Gasteiger partial charge in [-0.2, -0.15) is 0 Å². The second-order valence-corrected chi connectivity index (χ2v) is 5.12. The van der Waals surface area contributed by atoms with E-state index in [9.17, 15) is 9.90 Å². The van der Waals surface area contributed by atoms with Crippen LogP contribution in [0.15, 0.2) is 4.42 Å². The van der Waals surface area contributed by atoms with E-state index in [2.05, 4.69) is 15.5 Å². The Morgan fingerprint density at radius 1 is 1.35 bits per heavy atom. The van der Waals surface area contributed by atoms with E-state index in [1.165, 1.54) is 0 Å². The van der Waals surface area contributed by atoms with Crippen molar-refractivity contribution in [1.82, 2.24) is 15.5 Å². The molecule has 0 unspecified atom stereocenters. The predicted molar refractivity (Wildman–Crippen MR) is 61.4 cm³/mol. The van der Waals surface area contributed by atoms with E-state index in [1.807, 2.05) is 13.8 Å². The van der Waals surface area contributed by atoms with Gasteiger partial charge in [0, 0.05) is 12.5 Å². The van der Waals surface area contributed by atoms with E-state index in [1.54, 1.807) is 20.8 Å². The number of aromatic nitrogens is 2. The van der Waals surface area contributed by atoms with Crippen molar-refractivity contribution < 1.29 is 14.3 Å². The summed E-state index contributed by atoms with van der Waals surface area (Å²) in [5.74, 6) is 0.102. The molecule has 6 heteroatoms. The molecule has 6 nitrogen and oxygen atoms in total. The van der Waals surface area contributed by atoms with Crippen LogP contribution in [0.4, 0.5) is 0 Å². The van der Waals surface area contributed by atoms with Gasteiger partial charge in [-0.05, 0) is 27.7 Å². The Labute approximate surface area is 100 Å². The third-order valence-electron chi connectivity index (χ3n) is 3.35. The first-order chi connectivity index (χ1) is 7.67. The fourth-order valence-corrected chi connectivity index (χ4v) is 1.19. The molecule has 0 fully saturated rings. The molecule has 0 bridgehead atoms. The van der Waals surface area contributed by atoms with Crippen LogP contribution in [0.5, 0.6) is 0 Å². The monoisotopic (exact) mass is 241 g/mol. The number of rotatable bonds is 5. The van der Waals surface area contributed by atoms with Gasteiger partial charge in [-0.1, -0.05) is 0 Å². The van der Waals surface area contributed by atoms with E-state index in [4.69, 9.17) is 4.42 Å². The molecule has 2 N–H and O–H groups in total. The summed E-state index contributed by atoms with van der Waals surface area (Å²) < 4.78 is 5.22. The molecule has 0 aliphatic rings. The van der Waals surface area contributed by atoms with Gasteiger partial charge >= 0.3 is 5.97 Å². The van der Waals surface area contributed by atoms with Crippen LogP contribution in [0.2, 0.25) is 0 Å². The van der Waals surface area contributed by atoms with Crippen LogP contribution in [0, 0.1) is 12.3 Å². The van der Waals surface area contributed by atoms with Gasteiger partial charge in [0.1, 0.15) is 0 Å². The normalized spacial score (nSPS) is 12.8. The maximum atomic E-state index is 11.2. The summed E-state index contributed by atoms with van der Waals surface area (Å²) in [5.41, 5.74) is -1.50. The van der Waals surface area contributed by atoms with Crippen molar-refractivity contribution >= 4 is 5.97 Å². The Balaban J connectivity index is 2.70. The molecule has 96 valence electrons. The summed E-state index contributed by atoms with van der Waals surface area (Å²) in [6.07, 6.45) is 0. The molecule has 1 heterocycles. The number of carboxylic acid groups (broad SMARTS) is 1. The van der Waals surface area contributed by atoms with Crippen molar-refractivity contribution in [2.45, 2.75) is 46.7 Å². The first-order valence-corrected chi connectivity index (χ1v) is 5.44. The predicted octanol–water partition coefficient (Wildman–Crippen LogP) is 1.36. The second kappa shape index (κ2) is 4.44. The number of hydrogen-bond donors (Lipinski definition) is 2. The molecular formula is C11H19N3O3. The quantitative estimate of drug-likeness (QED) is 0.809. The standard InChI is InChI=1S/C11H19N3O3/c1-7-13-14-8(17-7)6-12-11(4,5)10(2,3)9(15)16/h12H,6H2,1-5H3,(H,15,16). The highest BCUT2D eigenvalue weighted by molar-refractivity contribution is 5.75. The number of nitrogens with one attached hydrogen (secondary N) is 1. The lowest BCUT2D eigenvalue weighted by Gasteiger charge is -2.38. The molecule has 0 saturated heterocycles. The Kier molecular flexibility index (Phi) is 3.56. The molecule has 0 aliphatic carbocycles. The minimum atomic E-state index is -0.901. The summed E-state index contributed by atoms with van der Waals surface area (Å²) in [7, 11) is 0. The van der Waals surface area contributed by atoms with Crippen molar-refractivity contribution in [2.24, 2.45) is 5.41 Å². The van der Waals surface area contributed by atoms with Gasteiger partial charge in [-0.15, -0.1) is 10.2 Å². The van der Waals surface area contributed by atoms with Crippen molar-refractivity contribution in [1.29, 1.82) is 0 Å². The number of aliphatic carboxylic acids is 1. The minimum absolute atomic E-state index is 0.352. The average molecular weight is 241 g/mol.